The molecule has 0 aliphatic heterocycles. The molecule has 338 valence electrons. The SMILES string of the molecule is Sc1nnc(-c2ccc(-c3ccc(-c4nnc(S)n4CCc4ccccc4)c(-c4nnc(S)n4CCc4ccccc4)c3)cc2-c2nnc(S)n2CCc2ccccc2)n1CCc1ccccc1. The van der Waals surface area contributed by atoms with Crippen LogP contribution in [0.5, 0.6) is 0 Å². The summed E-state index contributed by atoms with van der Waals surface area (Å²) >= 11 is 19.3. The third-order valence-corrected chi connectivity index (χ3v) is 13.5. The molecule has 68 heavy (non-hydrogen) atoms. The van der Waals surface area contributed by atoms with Crippen molar-refractivity contribution in [3.63, 3.8) is 0 Å². The highest BCUT2D eigenvalue weighted by Crippen LogP contribution is 2.40. The van der Waals surface area contributed by atoms with Crippen LogP contribution in [0.2, 0.25) is 0 Å². The predicted octanol–water partition coefficient (Wildman–Crippen LogP) is 10.5. The Hall–Kier alpha value is -6.72. The standard InChI is InChI=1S/C52H46N12S4/c65-49-57-53-45(61(49)29-25-35-13-5-1-6-14-35)41-23-21-39(33-43(41)47-55-59-51(67)63(47)31-27-37-17-9-3-10-18-37)40-22-24-42(46-54-58-50(66)62(46)30-26-36-15-7-2-8-16-36)44(34-40)48-56-60-52(68)64(48)32-28-38-19-11-4-12-20-38/h1-24,33-34H,25-32H2,(H,57,65)(H,58,66)(H,59,67)(H,60,68). The van der Waals surface area contributed by atoms with Crippen molar-refractivity contribution in [2.75, 3.05) is 0 Å². The second kappa shape index (κ2) is 20.7. The molecule has 16 heteroatoms. The minimum Gasteiger partial charge on any atom is -0.302 e. The molecule has 0 spiro atoms. The monoisotopic (exact) mass is 966 g/mol. The van der Waals surface area contributed by atoms with Gasteiger partial charge in [-0.2, -0.15) is 0 Å². The molecule has 0 N–H and O–H groups in total. The van der Waals surface area contributed by atoms with Gasteiger partial charge in [0, 0.05) is 48.4 Å². The van der Waals surface area contributed by atoms with Gasteiger partial charge in [0.1, 0.15) is 0 Å². The summed E-state index contributed by atoms with van der Waals surface area (Å²) in [5.74, 6) is 2.66. The van der Waals surface area contributed by atoms with E-state index >= 15 is 0 Å². The van der Waals surface area contributed by atoms with Crippen LogP contribution in [0.1, 0.15) is 22.3 Å². The molecule has 0 aliphatic carbocycles. The molecule has 0 saturated heterocycles. The van der Waals surface area contributed by atoms with Crippen molar-refractivity contribution in [2.45, 2.75) is 72.5 Å². The third-order valence-electron chi connectivity index (χ3n) is 12.1. The van der Waals surface area contributed by atoms with Gasteiger partial charge in [-0.3, -0.25) is 0 Å². The highest BCUT2D eigenvalue weighted by Gasteiger charge is 2.25. The maximum absolute atomic E-state index is 4.83. The Kier molecular flexibility index (Phi) is 13.7. The first-order valence-electron chi connectivity index (χ1n) is 22.3. The van der Waals surface area contributed by atoms with Gasteiger partial charge in [-0.1, -0.05) is 133 Å². The van der Waals surface area contributed by atoms with E-state index in [1.54, 1.807) is 0 Å². The number of benzene rings is 6. The van der Waals surface area contributed by atoms with Crippen molar-refractivity contribution in [3.05, 3.63) is 180 Å². The van der Waals surface area contributed by atoms with E-state index in [2.05, 4.69) is 172 Å². The number of hydrogen-bond acceptors (Lipinski definition) is 12. The Morgan fingerprint density at radius 1 is 0.279 bits per heavy atom. The van der Waals surface area contributed by atoms with Crippen LogP contribution in [-0.2, 0) is 51.9 Å². The molecule has 0 fully saturated rings. The summed E-state index contributed by atoms with van der Waals surface area (Å²) in [5, 5.41) is 39.1. The molecule has 0 saturated carbocycles. The molecule has 12 nitrogen and oxygen atoms in total. The molecule has 4 heterocycles. The zero-order valence-electron chi connectivity index (χ0n) is 36.8. The number of rotatable bonds is 17. The maximum atomic E-state index is 4.83. The quantitative estimate of drug-likeness (QED) is 0.0666. The van der Waals surface area contributed by atoms with Gasteiger partial charge in [-0.25, -0.2) is 0 Å². The fourth-order valence-corrected chi connectivity index (χ4v) is 9.51. The molecule has 0 amide bonds. The first-order chi connectivity index (χ1) is 33.4. The molecular weight excluding hydrogens is 921 g/mol. The van der Waals surface area contributed by atoms with Crippen LogP contribution in [0.3, 0.4) is 0 Å². The lowest BCUT2D eigenvalue weighted by Gasteiger charge is -2.17. The van der Waals surface area contributed by atoms with Crippen molar-refractivity contribution in [1.82, 2.24) is 59.1 Å². The van der Waals surface area contributed by atoms with Gasteiger partial charge in [0.15, 0.2) is 43.9 Å². The molecule has 0 aliphatic rings. The predicted molar refractivity (Wildman–Crippen MR) is 278 cm³/mol. The smallest absolute Gasteiger partial charge is 0.188 e. The Morgan fingerprint density at radius 2 is 0.529 bits per heavy atom. The average molecular weight is 967 g/mol. The third kappa shape index (κ3) is 9.81. The average Bonchev–Trinajstić information content (AvgIpc) is 4.16. The summed E-state index contributed by atoms with van der Waals surface area (Å²) in [4.78, 5) is 0. The highest BCUT2D eigenvalue weighted by atomic mass is 32.1. The Labute approximate surface area is 416 Å². The lowest BCUT2D eigenvalue weighted by Crippen LogP contribution is -2.08. The molecule has 0 bridgehead atoms. The zero-order chi connectivity index (χ0) is 46.4. The molecule has 0 unspecified atom stereocenters. The summed E-state index contributed by atoms with van der Waals surface area (Å²) in [6.07, 6.45) is 3.06. The van der Waals surface area contributed by atoms with E-state index in [1.807, 2.05) is 24.3 Å². The van der Waals surface area contributed by atoms with Crippen LogP contribution in [0, 0.1) is 0 Å². The van der Waals surface area contributed by atoms with E-state index in [0.717, 1.165) is 59.1 Å². The van der Waals surface area contributed by atoms with Crippen LogP contribution in [0.25, 0.3) is 56.7 Å². The first kappa shape index (κ1) is 45.1. The summed E-state index contributed by atoms with van der Waals surface area (Å²) in [6.45, 7) is 2.46. The van der Waals surface area contributed by atoms with Crippen LogP contribution < -0.4 is 0 Å². The fraction of sp³-hybridized carbons (Fsp3) is 0.154. The topological polar surface area (TPSA) is 123 Å². The molecule has 10 rings (SSSR count). The van der Waals surface area contributed by atoms with Crippen molar-refractivity contribution in [1.29, 1.82) is 0 Å². The van der Waals surface area contributed by atoms with E-state index < -0.39 is 0 Å². The fourth-order valence-electron chi connectivity index (χ4n) is 8.55. The van der Waals surface area contributed by atoms with Gasteiger partial charge < -0.3 is 18.3 Å². The van der Waals surface area contributed by atoms with E-state index in [1.165, 1.54) is 22.3 Å². The summed E-state index contributed by atoms with van der Waals surface area (Å²) in [6, 6.07) is 54.2. The van der Waals surface area contributed by atoms with E-state index in [0.29, 0.717) is 70.1 Å². The normalized spacial score (nSPS) is 11.4. The Morgan fingerprint density at radius 3 is 0.794 bits per heavy atom. The number of hydrogen-bond donors (Lipinski definition) is 4. The van der Waals surface area contributed by atoms with E-state index in [4.69, 9.17) is 70.9 Å². The zero-order valence-corrected chi connectivity index (χ0v) is 40.4. The summed E-state index contributed by atoms with van der Waals surface area (Å²) in [5.41, 5.74) is 9.97. The van der Waals surface area contributed by atoms with Gasteiger partial charge in [-0.05, 0) is 83.3 Å². The second-order valence-electron chi connectivity index (χ2n) is 16.4. The molecule has 0 atom stereocenters. The second-order valence-corrected chi connectivity index (χ2v) is 18.0. The van der Waals surface area contributed by atoms with Crippen LogP contribution in [0.4, 0.5) is 0 Å². The van der Waals surface area contributed by atoms with Gasteiger partial charge in [0.2, 0.25) is 0 Å². The number of aryl methyl sites for hydroxylation is 4. The number of thiol groups is 4. The molecule has 6 aromatic carbocycles. The van der Waals surface area contributed by atoms with Crippen LogP contribution in [-0.4, -0.2) is 59.1 Å². The first-order valence-corrected chi connectivity index (χ1v) is 24.1. The largest absolute Gasteiger partial charge is 0.302 e. The number of aromatic nitrogens is 12. The van der Waals surface area contributed by atoms with Crippen molar-refractivity contribution < 1.29 is 0 Å². The van der Waals surface area contributed by atoms with Crippen LogP contribution >= 0.6 is 50.5 Å². The maximum Gasteiger partial charge on any atom is 0.188 e. The summed E-state index contributed by atoms with van der Waals surface area (Å²) < 4.78 is 8.21. The van der Waals surface area contributed by atoms with Gasteiger partial charge >= 0.3 is 0 Å². The highest BCUT2D eigenvalue weighted by molar-refractivity contribution is 7.80. The molecule has 0 radical (unpaired) electrons. The molecule has 4 aromatic heterocycles. The minimum atomic E-state index is 0.511. The summed E-state index contributed by atoms with van der Waals surface area (Å²) in [7, 11) is 0. The Bertz CT molecular complexity index is 3070. The van der Waals surface area contributed by atoms with Crippen molar-refractivity contribution in [2.24, 2.45) is 0 Å². The lowest BCUT2D eigenvalue weighted by atomic mass is 9.94. The van der Waals surface area contributed by atoms with Gasteiger partial charge in [0.25, 0.3) is 0 Å². The minimum absolute atomic E-state index is 0.511. The lowest BCUT2D eigenvalue weighted by molar-refractivity contribution is 0.638. The van der Waals surface area contributed by atoms with Gasteiger partial charge in [0.05, 0.1) is 0 Å². The van der Waals surface area contributed by atoms with E-state index in [9.17, 15) is 0 Å². The number of nitrogens with zero attached hydrogens (tertiary/aromatic N) is 12. The van der Waals surface area contributed by atoms with Gasteiger partial charge in [-0.15, -0.1) is 91.3 Å². The van der Waals surface area contributed by atoms with E-state index in [-0.39, 0.29) is 0 Å². The van der Waals surface area contributed by atoms with Crippen LogP contribution in [0.15, 0.2) is 178 Å². The Balaban J connectivity index is 1.10. The molecular formula is C52H46N12S4. The van der Waals surface area contributed by atoms with Crippen molar-refractivity contribution >= 4 is 50.5 Å². The van der Waals surface area contributed by atoms with Crippen molar-refractivity contribution in [3.8, 4) is 56.7 Å². The molecule has 10 aromatic rings.